The highest BCUT2D eigenvalue weighted by Gasteiger charge is 2.15. The Morgan fingerprint density at radius 3 is 2.62 bits per heavy atom. The molecule has 0 saturated carbocycles. The second-order valence-electron chi connectivity index (χ2n) is 3.62. The number of aliphatic hydroxyl groups is 1. The largest absolute Gasteiger partial charge is 0.388 e. The van der Waals surface area contributed by atoms with Crippen molar-refractivity contribution in [1.82, 2.24) is 4.98 Å². The summed E-state index contributed by atoms with van der Waals surface area (Å²) in [7, 11) is 0. The number of hydrogen-bond acceptors (Lipinski definition) is 3. The van der Waals surface area contributed by atoms with Crippen LogP contribution in [0.2, 0.25) is 0 Å². The van der Waals surface area contributed by atoms with E-state index in [1.807, 2.05) is 6.92 Å². The van der Waals surface area contributed by atoms with Crippen molar-refractivity contribution in [1.29, 1.82) is 0 Å². The van der Waals surface area contributed by atoms with Gasteiger partial charge in [0.2, 0.25) is 0 Å². The van der Waals surface area contributed by atoms with Crippen molar-refractivity contribution in [2.75, 3.05) is 0 Å². The van der Waals surface area contributed by atoms with Crippen LogP contribution in [0.1, 0.15) is 23.6 Å². The molecular weight excluding hydrogens is 225 g/mol. The third-order valence-electron chi connectivity index (χ3n) is 2.32. The molecule has 1 atom stereocenters. The lowest BCUT2D eigenvalue weighted by atomic mass is 10.2. The lowest BCUT2D eigenvalue weighted by Gasteiger charge is -1.99. The monoisotopic (exact) mass is 237 g/mol. The fourth-order valence-corrected chi connectivity index (χ4v) is 2.58. The molecule has 16 heavy (non-hydrogen) atoms. The molecule has 84 valence electrons. The molecule has 2 rings (SSSR count). The lowest BCUT2D eigenvalue weighted by Crippen LogP contribution is -1.88. The van der Waals surface area contributed by atoms with E-state index in [-0.39, 0.29) is 5.82 Å². The Bertz CT molecular complexity index is 507. The number of aryl methyl sites for hydroxylation is 1. The van der Waals surface area contributed by atoms with Crippen LogP contribution in [0.3, 0.4) is 0 Å². The van der Waals surface area contributed by atoms with Gasteiger partial charge >= 0.3 is 0 Å². The molecule has 1 N–H and O–H groups in total. The average Bonchev–Trinajstić information content (AvgIpc) is 2.61. The molecule has 0 aliphatic carbocycles. The highest BCUT2D eigenvalue weighted by atomic mass is 32.1. The van der Waals surface area contributed by atoms with E-state index < -0.39 is 6.10 Å². The maximum absolute atomic E-state index is 13.5. The molecule has 2 nitrogen and oxygen atoms in total. The van der Waals surface area contributed by atoms with Gasteiger partial charge in [0.05, 0.1) is 16.7 Å². The van der Waals surface area contributed by atoms with E-state index in [1.54, 1.807) is 25.1 Å². The fourth-order valence-electron chi connectivity index (χ4n) is 1.55. The predicted octanol–water partition coefficient (Wildman–Crippen LogP) is 3.31. The molecule has 1 aromatic carbocycles. The molecule has 1 heterocycles. The maximum atomic E-state index is 13.5. The third kappa shape index (κ3) is 1.99. The zero-order valence-electron chi connectivity index (χ0n) is 9.07. The smallest absolute Gasteiger partial charge is 0.133 e. The van der Waals surface area contributed by atoms with Gasteiger partial charge in [-0.25, -0.2) is 9.37 Å². The zero-order chi connectivity index (χ0) is 11.7. The first kappa shape index (κ1) is 11.2. The summed E-state index contributed by atoms with van der Waals surface area (Å²) in [6.07, 6.45) is -0.557. The van der Waals surface area contributed by atoms with Gasteiger partial charge in [-0.2, -0.15) is 0 Å². The normalized spacial score (nSPS) is 12.8. The summed E-state index contributed by atoms with van der Waals surface area (Å²) >= 11 is 1.33. The van der Waals surface area contributed by atoms with E-state index in [0.717, 1.165) is 10.6 Å². The first-order chi connectivity index (χ1) is 7.59. The topological polar surface area (TPSA) is 33.1 Å². The van der Waals surface area contributed by atoms with Crippen molar-refractivity contribution >= 4 is 11.3 Å². The van der Waals surface area contributed by atoms with Gasteiger partial charge in [0.25, 0.3) is 0 Å². The van der Waals surface area contributed by atoms with Crippen LogP contribution < -0.4 is 0 Å². The number of benzene rings is 1. The lowest BCUT2D eigenvalue weighted by molar-refractivity contribution is 0.202. The minimum atomic E-state index is -0.557. The molecule has 0 amide bonds. The quantitative estimate of drug-likeness (QED) is 0.869. The van der Waals surface area contributed by atoms with Gasteiger partial charge in [-0.1, -0.05) is 12.1 Å². The maximum Gasteiger partial charge on any atom is 0.133 e. The Balaban J connectivity index is 2.50. The van der Waals surface area contributed by atoms with Crippen molar-refractivity contribution in [2.24, 2.45) is 0 Å². The van der Waals surface area contributed by atoms with Crippen molar-refractivity contribution < 1.29 is 9.50 Å². The summed E-state index contributed by atoms with van der Waals surface area (Å²) in [5, 5.41) is 10.1. The predicted molar refractivity (Wildman–Crippen MR) is 62.9 cm³/mol. The Labute approximate surface area is 97.4 Å². The van der Waals surface area contributed by atoms with Crippen LogP contribution in [0.25, 0.3) is 10.6 Å². The molecule has 0 radical (unpaired) electrons. The molecule has 0 spiro atoms. The molecular formula is C12H12FNOS. The number of hydrogen-bond donors (Lipinski definition) is 1. The van der Waals surface area contributed by atoms with E-state index in [4.69, 9.17) is 0 Å². The van der Waals surface area contributed by atoms with E-state index in [2.05, 4.69) is 4.98 Å². The highest BCUT2D eigenvalue weighted by Crippen LogP contribution is 2.32. The summed E-state index contributed by atoms with van der Waals surface area (Å²) < 4.78 is 13.5. The highest BCUT2D eigenvalue weighted by molar-refractivity contribution is 7.15. The Kier molecular flexibility index (Phi) is 3.03. The van der Waals surface area contributed by atoms with Crippen LogP contribution in [0, 0.1) is 12.7 Å². The van der Waals surface area contributed by atoms with Gasteiger partial charge in [-0.05, 0) is 26.0 Å². The summed E-state index contributed by atoms with van der Waals surface area (Å²) in [6.45, 7) is 3.51. The van der Waals surface area contributed by atoms with Crippen molar-refractivity contribution in [3.63, 3.8) is 0 Å². The molecule has 0 saturated heterocycles. The van der Waals surface area contributed by atoms with E-state index >= 15 is 0 Å². The van der Waals surface area contributed by atoms with E-state index in [1.165, 1.54) is 17.4 Å². The molecule has 2 aromatic rings. The van der Waals surface area contributed by atoms with Crippen molar-refractivity contribution in [2.45, 2.75) is 20.0 Å². The second-order valence-corrected chi connectivity index (χ2v) is 4.66. The minimum Gasteiger partial charge on any atom is -0.388 e. The van der Waals surface area contributed by atoms with Crippen LogP contribution >= 0.6 is 11.3 Å². The van der Waals surface area contributed by atoms with Gasteiger partial charge in [0.15, 0.2) is 0 Å². The minimum absolute atomic E-state index is 0.284. The number of aromatic nitrogens is 1. The molecule has 0 unspecified atom stereocenters. The van der Waals surface area contributed by atoms with Crippen molar-refractivity contribution in [3.8, 4) is 10.6 Å². The van der Waals surface area contributed by atoms with Crippen LogP contribution in [-0.4, -0.2) is 10.1 Å². The van der Waals surface area contributed by atoms with Crippen LogP contribution in [0.15, 0.2) is 24.3 Å². The molecule has 0 aliphatic heterocycles. The van der Waals surface area contributed by atoms with Crippen LogP contribution in [0.5, 0.6) is 0 Å². The number of halogens is 1. The number of rotatable bonds is 2. The fraction of sp³-hybridized carbons (Fsp3) is 0.250. The standard InChI is InChI=1S/C12H12FNOS/c1-7-11(8(2)15)16-12(14-7)9-5-3-4-6-10(9)13/h3-6,8,15H,1-2H3/t8-/m1/s1. The third-order valence-corrected chi connectivity index (χ3v) is 3.68. The first-order valence-electron chi connectivity index (χ1n) is 5.00. The average molecular weight is 237 g/mol. The zero-order valence-corrected chi connectivity index (χ0v) is 9.88. The SMILES string of the molecule is Cc1nc(-c2ccccc2F)sc1[C@@H](C)O. The number of aliphatic hydroxyl groups excluding tert-OH is 1. The van der Waals surface area contributed by atoms with Gasteiger partial charge in [0.1, 0.15) is 10.8 Å². The van der Waals surface area contributed by atoms with Gasteiger partial charge in [-0.15, -0.1) is 11.3 Å². The molecule has 4 heteroatoms. The summed E-state index contributed by atoms with van der Waals surface area (Å²) in [5.41, 5.74) is 1.25. The Morgan fingerprint density at radius 2 is 2.06 bits per heavy atom. The number of thiazole rings is 1. The number of nitrogens with zero attached hydrogens (tertiary/aromatic N) is 1. The van der Waals surface area contributed by atoms with Crippen LogP contribution in [0.4, 0.5) is 4.39 Å². The molecule has 0 fully saturated rings. The summed E-state index contributed by atoms with van der Waals surface area (Å²) in [5.74, 6) is -0.284. The van der Waals surface area contributed by atoms with Gasteiger partial charge < -0.3 is 5.11 Å². The molecule has 1 aromatic heterocycles. The first-order valence-corrected chi connectivity index (χ1v) is 5.81. The van der Waals surface area contributed by atoms with E-state index in [9.17, 15) is 9.50 Å². The summed E-state index contributed by atoms with van der Waals surface area (Å²) in [4.78, 5) is 5.07. The van der Waals surface area contributed by atoms with Gasteiger partial charge in [-0.3, -0.25) is 0 Å². The van der Waals surface area contributed by atoms with E-state index in [0.29, 0.717) is 10.6 Å². The van der Waals surface area contributed by atoms with Crippen LogP contribution in [-0.2, 0) is 0 Å². The molecule has 0 aliphatic rings. The van der Waals surface area contributed by atoms with Gasteiger partial charge in [0, 0.05) is 5.56 Å². The molecule has 0 bridgehead atoms. The summed E-state index contributed by atoms with van der Waals surface area (Å²) in [6, 6.07) is 6.53. The Hall–Kier alpha value is -1.26. The van der Waals surface area contributed by atoms with Crippen molar-refractivity contribution in [3.05, 3.63) is 40.7 Å². The second kappa shape index (κ2) is 4.31. The Morgan fingerprint density at radius 1 is 1.38 bits per heavy atom.